The summed E-state index contributed by atoms with van der Waals surface area (Å²) >= 11 is 6.41. The number of halogens is 1. The number of aryl methyl sites for hydroxylation is 1. The quantitative estimate of drug-likeness (QED) is 0.680. The van der Waals surface area contributed by atoms with Gasteiger partial charge in [0.1, 0.15) is 11.2 Å². The van der Waals surface area contributed by atoms with Crippen LogP contribution in [0.15, 0.2) is 36.4 Å². The van der Waals surface area contributed by atoms with Crippen molar-refractivity contribution in [1.82, 2.24) is 0 Å². The number of benzene rings is 2. The third kappa shape index (κ3) is 2.61. The maximum Gasteiger partial charge on any atom is 0.239 e. The van der Waals surface area contributed by atoms with E-state index < -0.39 is 5.41 Å². The van der Waals surface area contributed by atoms with Crippen LogP contribution in [-0.2, 0) is 10.2 Å². The smallest absolute Gasteiger partial charge is 0.239 e. The number of hydrogen-bond acceptors (Lipinski definition) is 2. The van der Waals surface area contributed by atoms with Gasteiger partial charge in [-0.1, -0.05) is 49.4 Å². The molecule has 1 fully saturated rings. The fraction of sp³-hybridized carbons (Fsp3) is 0.409. The Morgan fingerprint density at radius 3 is 2.38 bits per heavy atom. The minimum atomic E-state index is -0.733. The predicted octanol–water partition coefficient (Wildman–Crippen LogP) is 5.56. The molecule has 136 valence electrons. The summed E-state index contributed by atoms with van der Waals surface area (Å²) in [5.74, 6) is 0.481. The highest BCUT2D eigenvalue weighted by atomic mass is 35.5. The molecule has 1 aliphatic carbocycles. The Hall–Kier alpha value is -2.00. The number of phenolic OH excluding ortho intramolecular Hbond substituents is 1. The summed E-state index contributed by atoms with van der Waals surface area (Å²) in [5.41, 5.74) is 3.10. The third-order valence-corrected chi connectivity index (χ3v) is 6.33. The monoisotopic (exact) mass is 369 g/mol. The number of nitrogens with one attached hydrogen (secondary N) is 1. The summed E-state index contributed by atoms with van der Waals surface area (Å²) in [6.07, 6.45) is 6.80. The van der Waals surface area contributed by atoms with E-state index in [0.717, 1.165) is 48.1 Å². The molecule has 0 aromatic heterocycles. The van der Waals surface area contributed by atoms with E-state index in [1.165, 1.54) is 12.8 Å². The molecule has 1 atom stereocenters. The maximum absolute atomic E-state index is 13.5. The Kier molecular flexibility index (Phi) is 4.44. The first-order valence-corrected chi connectivity index (χ1v) is 9.83. The highest BCUT2D eigenvalue weighted by Gasteiger charge is 2.53. The average Bonchev–Trinajstić information content (AvgIpc) is 2.78. The molecule has 4 rings (SSSR count). The van der Waals surface area contributed by atoms with E-state index in [-0.39, 0.29) is 17.6 Å². The summed E-state index contributed by atoms with van der Waals surface area (Å²) < 4.78 is 0. The number of phenols is 1. The molecule has 1 heterocycles. The van der Waals surface area contributed by atoms with Crippen molar-refractivity contribution in [2.45, 2.75) is 50.9 Å². The van der Waals surface area contributed by atoms with Crippen LogP contribution in [0.1, 0.15) is 55.2 Å². The molecule has 0 saturated heterocycles. The number of aromatic hydroxyl groups is 1. The normalized spacial score (nSPS) is 23.4. The average molecular weight is 370 g/mol. The molecule has 0 bridgehead atoms. The molecule has 3 nitrogen and oxygen atoms in total. The second kappa shape index (κ2) is 6.62. The number of fused-ring (bicyclic) bond motifs is 1. The van der Waals surface area contributed by atoms with Crippen LogP contribution < -0.4 is 5.32 Å². The van der Waals surface area contributed by atoms with Crippen LogP contribution in [0.25, 0.3) is 0 Å². The first kappa shape index (κ1) is 17.4. The summed E-state index contributed by atoms with van der Waals surface area (Å²) in [4.78, 5) is 13.5. The van der Waals surface area contributed by atoms with E-state index in [1.807, 2.05) is 31.2 Å². The molecule has 26 heavy (non-hydrogen) atoms. The van der Waals surface area contributed by atoms with Crippen LogP contribution >= 0.6 is 11.6 Å². The van der Waals surface area contributed by atoms with E-state index in [4.69, 9.17) is 11.6 Å². The van der Waals surface area contributed by atoms with Gasteiger partial charge in [0.25, 0.3) is 0 Å². The SMILES string of the molecule is Cc1cc(Cl)cc2c1NC(=O)C2(c1ccc(O)cc1)C1CCCCCC1. The van der Waals surface area contributed by atoms with E-state index in [2.05, 4.69) is 5.32 Å². The summed E-state index contributed by atoms with van der Waals surface area (Å²) in [6, 6.07) is 11.0. The molecule has 2 aromatic carbocycles. The molecule has 4 heteroatoms. The molecule has 1 saturated carbocycles. The number of hydrogen-bond donors (Lipinski definition) is 2. The van der Waals surface area contributed by atoms with Gasteiger partial charge in [0, 0.05) is 10.7 Å². The lowest BCUT2D eigenvalue weighted by Gasteiger charge is -2.36. The third-order valence-electron chi connectivity index (χ3n) is 6.11. The molecule has 2 aromatic rings. The second-order valence-corrected chi connectivity index (χ2v) is 8.08. The Bertz CT molecular complexity index is 838. The highest BCUT2D eigenvalue weighted by molar-refractivity contribution is 6.31. The minimum Gasteiger partial charge on any atom is -0.508 e. The van der Waals surface area contributed by atoms with E-state index >= 15 is 0 Å². The van der Waals surface area contributed by atoms with Gasteiger partial charge < -0.3 is 10.4 Å². The molecular formula is C22H24ClNO2. The zero-order valence-electron chi connectivity index (χ0n) is 15.0. The van der Waals surface area contributed by atoms with Gasteiger partial charge in [-0.25, -0.2) is 0 Å². The number of amides is 1. The first-order valence-electron chi connectivity index (χ1n) is 9.45. The van der Waals surface area contributed by atoms with Crippen molar-refractivity contribution in [2.24, 2.45) is 5.92 Å². The number of anilines is 1. The fourth-order valence-electron chi connectivity index (χ4n) is 4.92. The maximum atomic E-state index is 13.5. The lowest BCUT2D eigenvalue weighted by atomic mass is 9.64. The molecule has 2 aliphatic rings. The van der Waals surface area contributed by atoms with E-state index in [0.29, 0.717) is 5.02 Å². The Morgan fingerprint density at radius 2 is 1.73 bits per heavy atom. The van der Waals surface area contributed by atoms with Gasteiger partial charge in [-0.15, -0.1) is 0 Å². The van der Waals surface area contributed by atoms with Crippen molar-refractivity contribution in [3.05, 3.63) is 58.1 Å². The molecule has 0 radical (unpaired) electrons. The predicted molar refractivity (Wildman–Crippen MR) is 105 cm³/mol. The molecule has 0 spiro atoms. The van der Waals surface area contributed by atoms with Crippen LogP contribution in [0.2, 0.25) is 5.02 Å². The second-order valence-electron chi connectivity index (χ2n) is 7.64. The van der Waals surface area contributed by atoms with Gasteiger partial charge in [0.15, 0.2) is 0 Å². The lowest BCUT2D eigenvalue weighted by molar-refractivity contribution is -0.121. The Balaban J connectivity index is 1.98. The fourth-order valence-corrected chi connectivity index (χ4v) is 5.19. The molecule has 1 unspecified atom stereocenters. The minimum absolute atomic E-state index is 0.0375. The van der Waals surface area contributed by atoms with Crippen LogP contribution in [0.3, 0.4) is 0 Å². The van der Waals surface area contributed by atoms with E-state index in [9.17, 15) is 9.90 Å². The van der Waals surface area contributed by atoms with Crippen molar-refractivity contribution in [2.75, 3.05) is 5.32 Å². The van der Waals surface area contributed by atoms with Crippen molar-refractivity contribution in [1.29, 1.82) is 0 Å². The van der Waals surface area contributed by atoms with Gasteiger partial charge in [0.2, 0.25) is 5.91 Å². The van der Waals surface area contributed by atoms with Crippen molar-refractivity contribution in [3.63, 3.8) is 0 Å². The zero-order valence-corrected chi connectivity index (χ0v) is 15.8. The number of carbonyl (C=O) groups excluding carboxylic acids is 1. The molecular weight excluding hydrogens is 346 g/mol. The molecule has 2 N–H and O–H groups in total. The van der Waals surface area contributed by atoms with Crippen LogP contribution in [0.5, 0.6) is 5.75 Å². The Morgan fingerprint density at radius 1 is 1.08 bits per heavy atom. The van der Waals surface area contributed by atoms with Gasteiger partial charge in [-0.3, -0.25) is 4.79 Å². The summed E-state index contributed by atoms with van der Waals surface area (Å²) in [7, 11) is 0. The first-order chi connectivity index (χ1) is 12.5. The lowest BCUT2D eigenvalue weighted by Crippen LogP contribution is -2.43. The zero-order chi connectivity index (χ0) is 18.3. The molecule has 1 aliphatic heterocycles. The molecule has 1 amide bonds. The standard InChI is InChI=1S/C22H24ClNO2/c1-14-12-17(23)13-19-20(14)24-21(26)22(19,15-6-4-2-3-5-7-15)16-8-10-18(25)11-9-16/h8-13,15,25H,2-7H2,1H3,(H,24,26). The number of rotatable bonds is 2. The van der Waals surface area contributed by atoms with Crippen molar-refractivity contribution in [3.8, 4) is 5.75 Å². The number of carbonyl (C=O) groups is 1. The van der Waals surface area contributed by atoms with E-state index in [1.54, 1.807) is 12.1 Å². The van der Waals surface area contributed by atoms with Gasteiger partial charge >= 0.3 is 0 Å². The topological polar surface area (TPSA) is 49.3 Å². The van der Waals surface area contributed by atoms with Crippen LogP contribution in [0, 0.1) is 12.8 Å². The summed E-state index contributed by atoms with van der Waals surface area (Å²) in [5, 5.41) is 13.6. The van der Waals surface area contributed by atoms with Crippen LogP contribution in [-0.4, -0.2) is 11.0 Å². The van der Waals surface area contributed by atoms with Crippen molar-refractivity contribution < 1.29 is 9.90 Å². The van der Waals surface area contributed by atoms with Crippen molar-refractivity contribution >= 4 is 23.2 Å². The largest absolute Gasteiger partial charge is 0.508 e. The van der Waals surface area contributed by atoms with Crippen LogP contribution in [0.4, 0.5) is 5.69 Å². The van der Waals surface area contributed by atoms with Gasteiger partial charge in [-0.2, -0.15) is 0 Å². The summed E-state index contributed by atoms with van der Waals surface area (Å²) in [6.45, 7) is 1.99. The Labute approximate surface area is 159 Å². The van der Waals surface area contributed by atoms with Gasteiger partial charge in [0.05, 0.1) is 0 Å². The highest BCUT2D eigenvalue weighted by Crippen LogP contribution is 2.53. The van der Waals surface area contributed by atoms with Gasteiger partial charge in [-0.05, 0) is 66.6 Å².